The van der Waals surface area contributed by atoms with Crippen molar-refractivity contribution in [2.24, 2.45) is 0 Å². The van der Waals surface area contributed by atoms with Crippen LogP contribution in [-0.2, 0) is 4.74 Å². The fourth-order valence-electron chi connectivity index (χ4n) is 1.80. The molecule has 2 aromatic rings. The van der Waals surface area contributed by atoms with E-state index >= 15 is 0 Å². The van der Waals surface area contributed by atoms with Gasteiger partial charge in [-0.1, -0.05) is 12.1 Å². The quantitative estimate of drug-likeness (QED) is 0.645. The van der Waals surface area contributed by atoms with Gasteiger partial charge in [-0.2, -0.15) is 4.98 Å². The molecule has 5 nitrogen and oxygen atoms in total. The van der Waals surface area contributed by atoms with E-state index < -0.39 is 0 Å². The van der Waals surface area contributed by atoms with Crippen LogP contribution in [0, 0.1) is 0 Å². The number of anilines is 1. The average Bonchev–Trinajstić information content (AvgIpc) is 2.42. The second kappa shape index (κ2) is 6.65. The summed E-state index contributed by atoms with van der Waals surface area (Å²) >= 11 is 5.94. The Morgan fingerprint density at radius 3 is 2.84 bits per heavy atom. The third-order valence-electron chi connectivity index (χ3n) is 2.72. The van der Waals surface area contributed by atoms with Crippen molar-refractivity contribution in [1.82, 2.24) is 9.97 Å². The second-order valence-corrected chi connectivity index (χ2v) is 4.43. The van der Waals surface area contributed by atoms with Crippen LogP contribution in [0.5, 0.6) is 0 Å². The van der Waals surface area contributed by atoms with E-state index in [0.29, 0.717) is 19.8 Å². The molecule has 1 aromatic carbocycles. The minimum Gasteiger partial charge on any atom is -0.394 e. The fourth-order valence-corrected chi connectivity index (χ4v) is 1.97. The fraction of sp³-hybridized carbons (Fsp3) is 0.385. The molecule has 0 bridgehead atoms. The third kappa shape index (κ3) is 3.53. The smallest absolute Gasteiger partial charge is 0.224 e. The molecular weight excluding hydrogens is 266 g/mol. The molecule has 0 amide bonds. The highest BCUT2D eigenvalue weighted by molar-refractivity contribution is 6.28. The highest BCUT2D eigenvalue weighted by Gasteiger charge is 2.10. The van der Waals surface area contributed by atoms with E-state index in [1.54, 1.807) is 0 Å². The zero-order valence-electron chi connectivity index (χ0n) is 10.7. The first-order chi connectivity index (χ1) is 9.22. The van der Waals surface area contributed by atoms with Crippen LogP contribution < -0.4 is 4.90 Å². The van der Waals surface area contributed by atoms with Crippen molar-refractivity contribution in [3.63, 3.8) is 0 Å². The Balaban J connectivity index is 2.18. The summed E-state index contributed by atoms with van der Waals surface area (Å²) < 4.78 is 5.25. The van der Waals surface area contributed by atoms with Gasteiger partial charge in [0.2, 0.25) is 5.28 Å². The number of hydrogen-bond acceptors (Lipinski definition) is 5. The van der Waals surface area contributed by atoms with Crippen LogP contribution in [-0.4, -0.2) is 48.5 Å². The molecule has 0 fully saturated rings. The average molecular weight is 282 g/mol. The molecule has 0 aliphatic heterocycles. The van der Waals surface area contributed by atoms with Gasteiger partial charge >= 0.3 is 0 Å². The normalized spacial score (nSPS) is 10.9. The van der Waals surface area contributed by atoms with Crippen molar-refractivity contribution in [2.75, 3.05) is 38.3 Å². The van der Waals surface area contributed by atoms with Gasteiger partial charge in [0.25, 0.3) is 0 Å². The molecule has 1 aromatic heterocycles. The number of ether oxygens (including phenoxy) is 1. The van der Waals surface area contributed by atoms with Crippen molar-refractivity contribution in [3.8, 4) is 0 Å². The number of aromatic nitrogens is 2. The second-order valence-electron chi connectivity index (χ2n) is 4.09. The number of aliphatic hydroxyl groups is 1. The van der Waals surface area contributed by atoms with Crippen LogP contribution in [0.1, 0.15) is 0 Å². The Labute approximate surface area is 116 Å². The molecule has 0 aliphatic carbocycles. The Bertz CT molecular complexity index is 550. The van der Waals surface area contributed by atoms with E-state index in [2.05, 4.69) is 9.97 Å². The summed E-state index contributed by atoms with van der Waals surface area (Å²) in [6.07, 6.45) is 0. The van der Waals surface area contributed by atoms with Gasteiger partial charge in [-0.15, -0.1) is 0 Å². The van der Waals surface area contributed by atoms with E-state index in [1.165, 1.54) is 0 Å². The zero-order valence-corrected chi connectivity index (χ0v) is 11.5. The highest BCUT2D eigenvalue weighted by atomic mass is 35.5. The lowest BCUT2D eigenvalue weighted by atomic mass is 10.2. The van der Waals surface area contributed by atoms with Crippen molar-refractivity contribution in [1.29, 1.82) is 0 Å². The van der Waals surface area contributed by atoms with Gasteiger partial charge in [-0.3, -0.25) is 0 Å². The Kier molecular flexibility index (Phi) is 4.90. The largest absolute Gasteiger partial charge is 0.394 e. The molecule has 2 rings (SSSR count). The molecule has 102 valence electrons. The van der Waals surface area contributed by atoms with Crippen LogP contribution in [0.3, 0.4) is 0 Å². The number of fused-ring (bicyclic) bond motifs is 1. The van der Waals surface area contributed by atoms with Crippen molar-refractivity contribution in [2.45, 2.75) is 0 Å². The third-order valence-corrected chi connectivity index (χ3v) is 2.89. The number of para-hydroxylation sites is 1. The number of hydrogen-bond donors (Lipinski definition) is 1. The lowest BCUT2D eigenvalue weighted by Crippen LogP contribution is -2.24. The number of benzene rings is 1. The maximum absolute atomic E-state index is 8.65. The molecule has 0 saturated carbocycles. The Hall–Kier alpha value is -1.43. The Morgan fingerprint density at radius 1 is 1.26 bits per heavy atom. The summed E-state index contributed by atoms with van der Waals surface area (Å²) in [6.45, 7) is 1.56. The molecule has 1 heterocycles. The summed E-state index contributed by atoms with van der Waals surface area (Å²) in [6, 6.07) is 7.73. The zero-order chi connectivity index (χ0) is 13.7. The maximum atomic E-state index is 8.65. The van der Waals surface area contributed by atoms with Gasteiger partial charge in [0.05, 0.1) is 25.3 Å². The van der Waals surface area contributed by atoms with Gasteiger partial charge in [0.15, 0.2) is 0 Å². The molecular formula is C13H16ClN3O2. The van der Waals surface area contributed by atoms with Crippen LogP contribution >= 0.6 is 11.6 Å². The number of likely N-dealkylation sites (N-methyl/N-ethyl adjacent to an activating group) is 1. The molecule has 0 spiro atoms. The van der Waals surface area contributed by atoms with Crippen LogP contribution in [0.2, 0.25) is 5.28 Å². The van der Waals surface area contributed by atoms with Gasteiger partial charge in [-0.05, 0) is 23.7 Å². The predicted octanol–water partition coefficient (Wildman–Crippen LogP) is 1.73. The number of halogens is 1. The van der Waals surface area contributed by atoms with E-state index in [4.69, 9.17) is 21.4 Å². The number of aliphatic hydroxyl groups excluding tert-OH is 1. The van der Waals surface area contributed by atoms with Crippen molar-refractivity contribution >= 4 is 28.3 Å². The molecule has 1 N–H and O–H groups in total. The van der Waals surface area contributed by atoms with Crippen molar-refractivity contribution in [3.05, 3.63) is 29.5 Å². The summed E-state index contributed by atoms with van der Waals surface area (Å²) in [5.41, 5.74) is 0.820. The van der Waals surface area contributed by atoms with Gasteiger partial charge in [0, 0.05) is 19.0 Å². The van der Waals surface area contributed by atoms with Crippen LogP contribution in [0.4, 0.5) is 5.82 Å². The van der Waals surface area contributed by atoms with E-state index in [9.17, 15) is 0 Å². The first-order valence-corrected chi connectivity index (χ1v) is 6.42. The topological polar surface area (TPSA) is 58.5 Å². The number of rotatable bonds is 6. The van der Waals surface area contributed by atoms with Crippen molar-refractivity contribution < 1.29 is 9.84 Å². The molecule has 0 unspecified atom stereocenters. The standard InChI is InChI=1S/C13H16ClN3O2/c1-17(6-8-19-9-7-18)12-10-4-2-3-5-11(10)15-13(14)16-12/h2-5,18H,6-9H2,1H3. The first-order valence-electron chi connectivity index (χ1n) is 6.04. The first kappa shape index (κ1) is 14.0. The Morgan fingerprint density at radius 2 is 2.05 bits per heavy atom. The van der Waals surface area contributed by atoms with Crippen LogP contribution in [0.15, 0.2) is 24.3 Å². The predicted molar refractivity (Wildman–Crippen MR) is 75.7 cm³/mol. The summed E-state index contributed by atoms with van der Waals surface area (Å²) in [7, 11) is 1.92. The van der Waals surface area contributed by atoms with Gasteiger partial charge in [0.1, 0.15) is 5.82 Å². The monoisotopic (exact) mass is 281 g/mol. The molecule has 0 atom stereocenters. The lowest BCUT2D eigenvalue weighted by molar-refractivity contribution is 0.0971. The summed E-state index contributed by atoms with van der Waals surface area (Å²) in [5, 5.41) is 9.84. The molecule has 6 heteroatoms. The lowest BCUT2D eigenvalue weighted by Gasteiger charge is -2.19. The molecule has 19 heavy (non-hydrogen) atoms. The summed E-state index contributed by atoms with van der Waals surface area (Å²) in [4.78, 5) is 10.4. The molecule has 0 radical (unpaired) electrons. The highest BCUT2D eigenvalue weighted by Crippen LogP contribution is 2.24. The van der Waals surface area contributed by atoms with Gasteiger partial charge in [-0.25, -0.2) is 4.98 Å². The van der Waals surface area contributed by atoms with E-state index in [1.807, 2.05) is 36.2 Å². The SMILES string of the molecule is CN(CCOCCO)c1nc(Cl)nc2ccccc12. The molecule has 0 aliphatic rings. The van der Waals surface area contributed by atoms with Gasteiger partial charge < -0.3 is 14.7 Å². The minimum atomic E-state index is 0.0337. The summed E-state index contributed by atoms with van der Waals surface area (Å²) in [5.74, 6) is 0.781. The van der Waals surface area contributed by atoms with Crippen LogP contribution in [0.25, 0.3) is 10.9 Å². The maximum Gasteiger partial charge on any atom is 0.224 e. The minimum absolute atomic E-state index is 0.0337. The molecule has 0 saturated heterocycles. The van der Waals surface area contributed by atoms with E-state index in [0.717, 1.165) is 16.7 Å². The number of nitrogens with zero attached hydrogens (tertiary/aromatic N) is 3. The van der Waals surface area contributed by atoms with E-state index in [-0.39, 0.29) is 11.9 Å².